The highest BCUT2D eigenvalue weighted by Gasteiger charge is 2.52. The summed E-state index contributed by atoms with van der Waals surface area (Å²) in [7, 11) is 0. The standard InChI is InChI=1S/C19H22O4/c1-2-18-7-8-19(22-9-10-23-19)12-15(18)5-3-13-11-14(17(20)21)4-6-16(13)18/h3-6,11,15H,2,7-10,12H2,1H3,(H,20,21). The first kappa shape index (κ1) is 14.9. The maximum absolute atomic E-state index is 11.2. The van der Waals surface area contributed by atoms with Crippen LogP contribution in [0.5, 0.6) is 0 Å². The van der Waals surface area contributed by atoms with E-state index in [1.165, 1.54) is 5.56 Å². The summed E-state index contributed by atoms with van der Waals surface area (Å²) >= 11 is 0. The zero-order valence-corrected chi connectivity index (χ0v) is 13.4. The van der Waals surface area contributed by atoms with E-state index in [1.54, 1.807) is 12.1 Å². The number of carboxylic acid groups (broad SMARTS) is 1. The van der Waals surface area contributed by atoms with Crippen molar-refractivity contribution in [2.75, 3.05) is 13.2 Å². The van der Waals surface area contributed by atoms with Gasteiger partial charge in [0.05, 0.1) is 18.8 Å². The molecule has 0 amide bonds. The molecule has 2 unspecified atom stereocenters. The Bertz CT molecular complexity index is 672. The lowest BCUT2D eigenvalue weighted by Crippen LogP contribution is -2.48. The van der Waals surface area contributed by atoms with Gasteiger partial charge >= 0.3 is 5.97 Å². The summed E-state index contributed by atoms with van der Waals surface area (Å²) in [6.07, 6.45) is 8.16. The summed E-state index contributed by atoms with van der Waals surface area (Å²) in [6.45, 7) is 3.61. The van der Waals surface area contributed by atoms with Crippen LogP contribution in [-0.4, -0.2) is 30.1 Å². The van der Waals surface area contributed by atoms with Crippen molar-refractivity contribution < 1.29 is 19.4 Å². The van der Waals surface area contributed by atoms with Crippen LogP contribution in [0.4, 0.5) is 0 Å². The summed E-state index contributed by atoms with van der Waals surface area (Å²) in [4.78, 5) is 11.2. The van der Waals surface area contributed by atoms with Crippen molar-refractivity contribution in [3.63, 3.8) is 0 Å². The van der Waals surface area contributed by atoms with Gasteiger partial charge in [-0.05, 0) is 42.0 Å². The topological polar surface area (TPSA) is 55.8 Å². The molecular weight excluding hydrogens is 292 g/mol. The van der Waals surface area contributed by atoms with Crippen molar-refractivity contribution in [2.45, 2.75) is 43.8 Å². The van der Waals surface area contributed by atoms with E-state index in [0.29, 0.717) is 24.7 Å². The molecule has 1 saturated carbocycles. The Morgan fingerprint density at radius 1 is 1.30 bits per heavy atom. The lowest BCUT2D eigenvalue weighted by molar-refractivity contribution is -0.194. The molecule has 3 aliphatic rings. The third-order valence-corrected chi connectivity index (χ3v) is 5.98. The molecule has 2 atom stereocenters. The van der Waals surface area contributed by atoms with Crippen molar-refractivity contribution in [2.24, 2.45) is 5.92 Å². The maximum Gasteiger partial charge on any atom is 0.335 e. The Morgan fingerprint density at radius 2 is 2.09 bits per heavy atom. The Kier molecular flexibility index (Phi) is 3.36. The quantitative estimate of drug-likeness (QED) is 0.906. The second-order valence-corrected chi connectivity index (χ2v) is 6.89. The molecule has 4 heteroatoms. The predicted octanol–water partition coefficient (Wildman–Crippen LogP) is 3.60. The molecule has 1 aromatic carbocycles. The highest BCUT2D eigenvalue weighted by atomic mass is 16.7. The van der Waals surface area contributed by atoms with E-state index in [9.17, 15) is 9.90 Å². The predicted molar refractivity (Wildman–Crippen MR) is 86.4 cm³/mol. The van der Waals surface area contributed by atoms with Crippen LogP contribution in [0.1, 0.15) is 54.1 Å². The smallest absolute Gasteiger partial charge is 0.335 e. The first-order valence-corrected chi connectivity index (χ1v) is 8.42. The van der Waals surface area contributed by atoms with Crippen LogP contribution in [0.15, 0.2) is 24.3 Å². The number of carbonyl (C=O) groups is 1. The van der Waals surface area contributed by atoms with Crippen LogP contribution in [0, 0.1) is 5.92 Å². The molecule has 1 spiro atoms. The van der Waals surface area contributed by atoms with E-state index in [-0.39, 0.29) is 5.41 Å². The van der Waals surface area contributed by atoms with Crippen molar-refractivity contribution >= 4 is 12.0 Å². The summed E-state index contributed by atoms with van der Waals surface area (Å²) in [6, 6.07) is 5.56. The van der Waals surface area contributed by atoms with Gasteiger partial charge in [-0.25, -0.2) is 4.79 Å². The molecule has 4 rings (SSSR count). The molecule has 0 radical (unpaired) electrons. The highest BCUT2D eigenvalue weighted by molar-refractivity contribution is 5.89. The monoisotopic (exact) mass is 314 g/mol. The molecule has 0 bridgehead atoms. The molecule has 1 N–H and O–H groups in total. The lowest BCUT2D eigenvalue weighted by Gasteiger charge is -2.50. The van der Waals surface area contributed by atoms with E-state index < -0.39 is 11.8 Å². The number of allylic oxidation sites excluding steroid dienone is 1. The lowest BCUT2D eigenvalue weighted by atomic mass is 9.57. The van der Waals surface area contributed by atoms with E-state index in [2.05, 4.69) is 19.1 Å². The molecule has 122 valence electrons. The molecule has 1 saturated heterocycles. The third kappa shape index (κ3) is 2.16. The SMILES string of the molecule is CCC12CCC3(CC1C=Cc1cc(C(=O)O)ccc12)OCCO3. The second kappa shape index (κ2) is 5.18. The van der Waals surface area contributed by atoms with Gasteiger partial charge in [0.1, 0.15) is 0 Å². The molecule has 1 aliphatic heterocycles. The molecule has 23 heavy (non-hydrogen) atoms. The molecule has 1 aromatic rings. The van der Waals surface area contributed by atoms with Gasteiger partial charge in [-0.3, -0.25) is 0 Å². The Hall–Kier alpha value is -1.65. The van der Waals surface area contributed by atoms with Crippen molar-refractivity contribution in [3.8, 4) is 0 Å². The van der Waals surface area contributed by atoms with Crippen LogP contribution < -0.4 is 0 Å². The number of hydrogen-bond donors (Lipinski definition) is 1. The van der Waals surface area contributed by atoms with Crippen molar-refractivity contribution in [1.82, 2.24) is 0 Å². The Labute approximate surface area is 136 Å². The second-order valence-electron chi connectivity index (χ2n) is 6.89. The van der Waals surface area contributed by atoms with Gasteiger partial charge in [-0.1, -0.05) is 25.1 Å². The number of ether oxygens (including phenoxy) is 2. The fraction of sp³-hybridized carbons (Fsp3) is 0.526. The summed E-state index contributed by atoms with van der Waals surface area (Å²) < 4.78 is 11.8. The average molecular weight is 314 g/mol. The van der Waals surface area contributed by atoms with Gasteiger partial charge in [0.25, 0.3) is 0 Å². The molecular formula is C19H22O4. The number of aromatic carboxylic acids is 1. The molecule has 2 aliphatic carbocycles. The minimum Gasteiger partial charge on any atom is -0.478 e. The van der Waals surface area contributed by atoms with Gasteiger partial charge in [0.15, 0.2) is 5.79 Å². The Morgan fingerprint density at radius 3 is 2.78 bits per heavy atom. The Balaban J connectivity index is 1.75. The highest BCUT2D eigenvalue weighted by Crippen LogP contribution is 2.54. The van der Waals surface area contributed by atoms with Gasteiger partial charge < -0.3 is 14.6 Å². The first-order valence-electron chi connectivity index (χ1n) is 8.42. The zero-order chi connectivity index (χ0) is 16.1. The molecule has 1 heterocycles. The normalized spacial score (nSPS) is 30.9. The van der Waals surface area contributed by atoms with Crippen LogP contribution in [0.3, 0.4) is 0 Å². The number of rotatable bonds is 2. The maximum atomic E-state index is 11.2. The van der Waals surface area contributed by atoms with E-state index >= 15 is 0 Å². The van der Waals surface area contributed by atoms with E-state index in [4.69, 9.17) is 9.47 Å². The van der Waals surface area contributed by atoms with Gasteiger partial charge in [0.2, 0.25) is 0 Å². The summed E-state index contributed by atoms with van der Waals surface area (Å²) in [5.74, 6) is -0.890. The largest absolute Gasteiger partial charge is 0.478 e. The fourth-order valence-electron chi connectivity index (χ4n) is 4.71. The van der Waals surface area contributed by atoms with E-state index in [1.807, 2.05) is 6.07 Å². The molecule has 2 fully saturated rings. The zero-order valence-electron chi connectivity index (χ0n) is 13.4. The van der Waals surface area contributed by atoms with Crippen molar-refractivity contribution in [1.29, 1.82) is 0 Å². The molecule has 4 nitrogen and oxygen atoms in total. The van der Waals surface area contributed by atoms with Gasteiger partial charge in [-0.15, -0.1) is 0 Å². The third-order valence-electron chi connectivity index (χ3n) is 5.98. The van der Waals surface area contributed by atoms with Crippen LogP contribution >= 0.6 is 0 Å². The number of fused-ring (bicyclic) bond motifs is 3. The number of benzene rings is 1. The van der Waals surface area contributed by atoms with E-state index in [0.717, 1.165) is 31.2 Å². The summed E-state index contributed by atoms with van der Waals surface area (Å²) in [5, 5.41) is 9.22. The minimum absolute atomic E-state index is 0.0711. The van der Waals surface area contributed by atoms with Crippen LogP contribution in [-0.2, 0) is 14.9 Å². The van der Waals surface area contributed by atoms with Gasteiger partial charge in [-0.2, -0.15) is 0 Å². The van der Waals surface area contributed by atoms with Crippen LogP contribution in [0.2, 0.25) is 0 Å². The average Bonchev–Trinajstić information content (AvgIpc) is 3.02. The van der Waals surface area contributed by atoms with Gasteiger partial charge in [0, 0.05) is 18.3 Å². The summed E-state index contributed by atoms with van der Waals surface area (Å²) in [5.41, 5.74) is 2.76. The number of carboxylic acids is 1. The fourth-order valence-corrected chi connectivity index (χ4v) is 4.71. The van der Waals surface area contributed by atoms with Crippen molar-refractivity contribution in [3.05, 3.63) is 41.0 Å². The first-order chi connectivity index (χ1) is 11.1. The number of hydrogen-bond acceptors (Lipinski definition) is 3. The molecule has 0 aromatic heterocycles. The van der Waals surface area contributed by atoms with Crippen LogP contribution in [0.25, 0.3) is 6.08 Å². The minimum atomic E-state index is -0.871.